The molecule has 1 saturated heterocycles. The van der Waals surface area contributed by atoms with E-state index in [1.54, 1.807) is 0 Å². The maximum absolute atomic E-state index is 12.0. The minimum absolute atomic E-state index is 0.0407. The number of piperidine rings is 1. The Morgan fingerprint density at radius 2 is 2.14 bits per heavy atom. The summed E-state index contributed by atoms with van der Waals surface area (Å²) in [6.07, 6.45) is 4.55. The Bertz CT molecular complexity index is 530. The molecule has 2 heterocycles. The van der Waals surface area contributed by atoms with Crippen LogP contribution in [0.3, 0.4) is 0 Å². The Morgan fingerprint density at radius 3 is 2.81 bits per heavy atom. The third-order valence-corrected chi connectivity index (χ3v) is 3.32. The third-order valence-electron chi connectivity index (χ3n) is 3.32. The number of rotatable bonds is 5. The molecule has 0 bridgehead atoms. The lowest BCUT2D eigenvalue weighted by Gasteiger charge is -2.26. The molecule has 2 rings (SSSR count). The maximum atomic E-state index is 12.0. The minimum Gasteiger partial charge on any atom is -0.368 e. The van der Waals surface area contributed by atoms with Crippen LogP contribution in [-0.4, -0.2) is 45.3 Å². The summed E-state index contributed by atoms with van der Waals surface area (Å²) in [7, 11) is 0. The van der Waals surface area contributed by atoms with Crippen LogP contribution in [0, 0.1) is 10.1 Å². The van der Waals surface area contributed by atoms with Crippen molar-refractivity contribution in [1.29, 1.82) is 0 Å². The highest BCUT2D eigenvalue weighted by Crippen LogP contribution is 2.21. The van der Waals surface area contributed by atoms with Crippen LogP contribution in [0.15, 0.2) is 6.20 Å². The van der Waals surface area contributed by atoms with E-state index < -0.39 is 4.92 Å². The summed E-state index contributed by atoms with van der Waals surface area (Å²) in [6, 6.07) is 0. The number of nitrogen functional groups attached to an aromatic ring is 1. The number of nitro groups is 1. The molecule has 0 aliphatic carbocycles. The lowest BCUT2D eigenvalue weighted by Crippen LogP contribution is -2.36. The zero-order valence-electron chi connectivity index (χ0n) is 11.6. The monoisotopic (exact) mass is 294 g/mol. The SMILES string of the molecule is Nc1ncc([N+](=O)[O-])c(NCCC(=O)N2CCCCC2)n1. The molecule has 114 valence electrons. The molecule has 3 N–H and O–H groups in total. The van der Waals surface area contributed by atoms with Gasteiger partial charge in [-0.05, 0) is 19.3 Å². The molecule has 0 aromatic carbocycles. The average Bonchev–Trinajstić information content (AvgIpc) is 2.48. The van der Waals surface area contributed by atoms with Crippen LogP contribution < -0.4 is 11.1 Å². The second-order valence-electron chi connectivity index (χ2n) is 4.84. The van der Waals surface area contributed by atoms with E-state index in [9.17, 15) is 14.9 Å². The van der Waals surface area contributed by atoms with Crippen molar-refractivity contribution in [3.8, 4) is 0 Å². The Morgan fingerprint density at radius 1 is 1.43 bits per heavy atom. The van der Waals surface area contributed by atoms with Crippen LogP contribution in [0.1, 0.15) is 25.7 Å². The van der Waals surface area contributed by atoms with Gasteiger partial charge in [0.2, 0.25) is 17.7 Å². The van der Waals surface area contributed by atoms with E-state index in [0.717, 1.165) is 38.5 Å². The topological polar surface area (TPSA) is 127 Å². The molecular formula is C12H18N6O3. The van der Waals surface area contributed by atoms with Crippen LogP contribution in [0.2, 0.25) is 0 Å². The molecule has 0 unspecified atom stereocenters. The first-order valence-electron chi connectivity index (χ1n) is 6.86. The number of hydrogen-bond acceptors (Lipinski definition) is 7. The van der Waals surface area contributed by atoms with Crippen molar-refractivity contribution < 1.29 is 9.72 Å². The van der Waals surface area contributed by atoms with Crippen LogP contribution >= 0.6 is 0 Å². The summed E-state index contributed by atoms with van der Waals surface area (Å²) in [6.45, 7) is 1.85. The number of hydrogen-bond donors (Lipinski definition) is 2. The third kappa shape index (κ3) is 4.01. The first kappa shape index (κ1) is 14.9. The van der Waals surface area contributed by atoms with Gasteiger partial charge < -0.3 is 16.0 Å². The van der Waals surface area contributed by atoms with Crippen molar-refractivity contribution in [2.75, 3.05) is 30.7 Å². The second kappa shape index (κ2) is 6.82. The Balaban J connectivity index is 1.89. The van der Waals surface area contributed by atoms with Gasteiger partial charge in [-0.15, -0.1) is 0 Å². The van der Waals surface area contributed by atoms with E-state index in [0.29, 0.717) is 0 Å². The van der Waals surface area contributed by atoms with Crippen LogP contribution in [0.25, 0.3) is 0 Å². The maximum Gasteiger partial charge on any atom is 0.329 e. The molecule has 0 spiro atoms. The van der Waals surface area contributed by atoms with Gasteiger partial charge in [-0.3, -0.25) is 14.9 Å². The number of likely N-dealkylation sites (tertiary alicyclic amines) is 1. The van der Waals surface area contributed by atoms with Crippen LogP contribution in [0.4, 0.5) is 17.5 Å². The van der Waals surface area contributed by atoms with Gasteiger partial charge in [0.1, 0.15) is 6.20 Å². The molecule has 1 amide bonds. The summed E-state index contributed by atoms with van der Waals surface area (Å²) < 4.78 is 0. The molecular weight excluding hydrogens is 276 g/mol. The number of anilines is 2. The highest BCUT2D eigenvalue weighted by atomic mass is 16.6. The largest absolute Gasteiger partial charge is 0.368 e. The number of nitrogens with zero attached hydrogens (tertiary/aromatic N) is 4. The van der Waals surface area contributed by atoms with Crippen molar-refractivity contribution in [1.82, 2.24) is 14.9 Å². The molecule has 1 aliphatic rings. The predicted molar refractivity (Wildman–Crippen MR) is 76.6 cm³/mol. The van der Waals surface area contributed by atoms with Crippen molar-refractivity contribution in [2.45, 2.75) is 25.7 Å². The van der Waals surface area contributed by atoms with Crippen LogP contribution in [-0.2, 0) is 4.79 Å². The zero-order chi connectivity index (χ0) is 15.2. The number of aromatic nitrogens is 2. The van der Waals surface area contributed by atoms with Gasteiger partial charge >= 0.3 is 5.69 Å². The van der Waals surface area contributed by atoms with Gasteiger partial charge in [0.05, 0.1) is 4.92 Å². The molecule has 1 aliphatic heterocycles. The number of carbonyl (C=O) groups is 1. The van der Waals surface area contributed by atoms with E-state index in [4.69, 9.17) is 5.73 Å². The molecule has 1 aromatic rings. The highest BCUT2D eigenvalue weighted by molar-refractivity contribution is 5.77. The van der Waals surface area contributed by atoms with Gasteiger partial charge in [-0.1, -0.05) is 0 Å². The summed E-state index contributed by atoms with van der Waals surface area (Å²) in [4.78, 5) is 31.4. The Hall–Kier alpha value is -2.45. The van der Waals surface area contributed by atoms with Gasteiger partial charge in [-0.2, -0.15) is 4.98 Å². The average molecular weight is 294 g/mol. The number of amides is 1. The number of carbonyl (C=O) groups excluding carboxylic acids is 1. The van der Waals surface area contributed by atoms with Gasteiger partial charge in [0.15, 0.2) is 0 Å². The fourth-order valence-corrected chi connectivity index (χ4v) is 2.24. The van der Waals surface area contributed by atoms with Gasteiger partial charge in [-0.25, -0.2) is 4.98 Å². The molecule has 1 fully saturated rings. The van der Waals surface area contributed by atoms with Crippen LogP contribution in [0.5, 0.6) is 0 Å². The molecule has 9 heteroatoms. The van der Waals surface area contributed by atoms with E-state index in [2.05, 4.69) is 15.3 Å². The fourth-order valence-electron chi connectivity index (χ4n) is 2.24. The summed E-state index contributed by atoms with van der Waals surface area (Å²) in [5.41, 5.74) is 5.16. The summed E-state index contributed by atoms with van der Waals surface area (Å²) in [5, 5.41) is 13.6. The van der Waals surface area contributed by atoms with Gasteiger partial charge in [0, 0.05) is 26.1 Å². The highest BCUT2D eigenvalue weighted by Gasteiger charge is 2.18. The van der Waals surface area contributed by atoms with E-state index >= 15 is 0 Å². The minimum atomic E-state index is -0.589. The lowest BCUT2D eigenvalue weighted by molar-refractivity contribution is -0.384. The predicted octanol–water partition coefficient (Wildman–Crippen LogP) is 0.781. The quantitative estimate of drug-likeness (QED) is 0.606. The van der Waals surface area contributed by atoms with E-state index in [1.807, 2.05) is 4.90 Å². The molecule has 0 radical (unpaired) electrons. The fraction of sp³-hybridized carbons (Fsp3) is 0.583. The lowest BCUT2D eigenvalue weighted by atomic mass is 10.1. The first-order chi connectivity index (χ1) is 10.1. The standard InChI is InChI=1S/C12H18N6O3/c13-12-15-8-9(18(20)21)11(16-12)14-5-4-10(19)17-6-2-1-3-7-17/h8H,1-7H2,(H3,13,14,15,16). The number of nitrogens with two attached hydrogens (primary N) is 1. The van der Waals surface area contributed by atoms with Crippen molar-refractivity contribution in [2.24, 2.45) is 0 Å². The normalized spacial score (nSPS) is 14.8. The zero-order valence-corrected chi connectivity index (χ0v) is 11.6. The summed E-state index contributed by atoms with van der Waals surface area (Å²) >= 11 is 0. The smallest absolute Gasteiger partial charge is 0.329 e. The number of nitrogens with one attached hydrogen (secondary N) is 1. The molecule has 9 nitrogen and oxygen atoms in total. The summed E-state index contributed by atoms with van der Waals surface area (Å²) in [5.74, 6) is 0.0382. The Kier molecular flexibility index (Phi) is 4.85. The first-order valence-corrected chi connectivity index (χ1v) is 6.86. The van der Waals surface area contributed by atoms with E-state index in [1.165, 1.54) is 0 Å². The molecule has 21 heavy (non-hydrogen) atoms. The van der Waals surface area contributed by atoms with E-state index in [-0.39, 0.29) is 36.3 Å². The molecule has 0 atom stereocenters. The van der Waals surface area contributed by atoms with Gasteiger partial charge in [0.25, 0.3) is 0 Å². The van der Waals surface area contributed by atoms with Crippen molar-refractivity contribution >= 4 is 23.4 Å². The molecule has 1 aromatic heterocycles. The Labute approximate surface area is 121 Å². The molecule has 0 saturated carbocycles. The van der Waals surface area contributed by atoms with Crippen molar-refractivity contribution in [3.63, 3.8) is 0 Å². The van der Waals surface area contributed by atoms with Crippen molar-refractivity contribution in [3.05, 3.63) is 16.3 Å². The second-order valence-corrected chi connectivity index (χ2v) is 4.84.